The van der Waals surface area contributed by atoms with E-state index in [1.54, 1.807) is 17.0 Å². The molecule has 0 unspecified atom stereocenters. The number of nitro groups is 1. The Hall–Kier alpha value is -2.69. The summed E-state index contributed by atoms with van der Waals surface area (Å²) in [6, 6.07) is 15.7. The Morgan fingerprint density at radius 1 is 1.04 bits per heavy atom. The highest BCUT2D eigenvalue weighted by Gasteiger charge is 2.31. The molecule has 0 saturated carbocycles. The van der Waals surface area contributed by atoms with Gasteiger partial charge in [-0.1, -0.05) is 42.5 Å². The van der Waals surface area contributed by atoms with Crippen molar-refractivity contribution in [1.29, 1.82) is 0 Å². The van der Waals surface area contributed by atoms with Gasteiger partial charge in [0.15, 0.2) is 0 Å². The minimum absolute atomic E-state index is 0.114. The Bertz CT molecular complexity index is 706. The standard InChI is InChI=1S/C18H20N2O3/c1-18(2,3)19(13-14-9-5-4-6-10-14)17(21)15-11-7-8-12-16(15)20(22)23/h4-12H,13H2,1-3H3. The highest BCUT2D eigenvalue weighted by Crippen LogP contribution is 2.25. The molecule has 0 bridgehead atoms. The van der Waals surface area contributed by atoms with Crippen molar-refractivity contribution in [3.63, 3.8) is 0 Å². The molecule has 0 heterocycles. The molecule has 0 radical (unpaired) electrons. The molecule has 5 nitrogen and oxygen atoms in total. The van der Waals surface area contributed by atoms with Crippen LogP contribution >= 0.6 is 0 Å². The van der Waals surface area contributed by atoms with Crippen molar-refractivity contribution in [2.24, 2.45) is 0 Å². The summed E-state index contributed by atoms with van der Waals surface area (Å²) < 4.78 is 0. The minimum Gasteiger partial charge on any atom is -0.329 e. The maximum Gasteiger partial charge on any atom is 0.282 e. The lowest BCUT2D eigenvalue weighted by molar-refractivity contribution is -0.385. The molecule has 0 aliphatic heterocycles. The van der Waals surface area contributed by atoms with Crippen molar-refractivity contribution in [3.8, 4) is 0 Å². The second-order valence-corrected chi connectivity index (χ2v) is 6.32. The second kappa shape index (κ2) is 6.60. The van der Waals surface area contributed by atoms with E-state index in [2.05, 4.69) is 0 Å². The highest BCUT2D eigenvalue weighted by molar-refractivity contribution is 5.98. The lowest BCUT2D eigenvalue weighted by Crippen LogP contribution is -2.45. The fourth-order valence-electron chi connectivity index (χ4n) is 2.34. The summed E-state index contributed by atoms with van der Waals surface area (Å²) in [5.41, 5.74) is 0.467. The molecule has 0 atom stereocenters. The van der Waals surface area contributed by atoms with Gasteiger partial charge in [0.25, 0.3) is 11.6 Å². The third-order valence-electron chi connectivity index (χ3n) is 3.57. The summed E-state index contributed by atoms with van der Waals surface area (Å²) in [5.74, 6) is -0.339. The van der Waals surface area contributed by atoms with Crippen molar-refractivity contribution < 1.29 is 9.72 Å². The van der Waals surface area contributed by atoms with Crippen molar-refractivity contribution in [3.05, 3.63) is 75.8 Å². The van der Waals surface area contributed by atoms with E-state index in [9.17, 15) is 14.9 Å². The van der Waals surface area contributed by atoms with Crippen LogP contribution in [0.4, 0.5) is 5.69 Å². The summed E-state index contributed by atoms with van der Waals surface area (Å²) >= 11 is 0. The molecule has 0 fully saturated rings. The first-order valence-electron chi connectivity index (χ1n) is 7.40. The summed E-state index contributed by atoms with van der Waals surface area (Å²) in [4.78, 5) is 25.3. The van der Waals surface area contributed by atoms with Crippen molar-refractivity contribution in [2.75, 3.05) is 0 Å². The summed E-state index contributed by atoms with van der Waals surface area (Å²) in [5, 5.41) is 11.2. The normalized spacial score (nSPS) is 11.1. The van der Waals surface area contributed by atoms with Gasteiger partial charge in [-0.15, -0.1) is 0 Å². The van der Waals surface area contributed by atoms with E-state index in [-0.39, 0.29) is 17.2 Å². The van der Waals surface area contributed by atoms with Crippen LogP contribution in [0.3, 0.4) is 0 Å². The van der Waals surface area contributed by atoms with E-state index in [0.717, 1.165) is 5.56 Å². The van der Waals surface area contributed by atoms with Crippen molar-refractivity contribution in [1.82, 2.24) is 4.90 Å². The monoisotopic (exact) mass is 312 g/mol. The van der Waals surface area contributed by atoms with Gasteiger partial charge < -0.3 is 4.90 Å². The Balaban J connectivity index is 2.41. The molecule has 5 heteroatoms. The van der Waals surface area contributed by atoms with Gasteiger partial charge in [0.05, 0.1) is 4.92 Å². The van der Waals surface area contributed by atoms with Crippen LogP contribution in [0.25, 0.3) is 0 Å². The number of para-hydroxylation sites is 1. The van der Waals surface area contributed by atoms with Gasteiger partial charge in [-0.3, -0.25) is 14.9 Å². The summed E-state index contributed by atoms with van der Waals surface area (Å²) in [6.07, 6.45) is 0. The largest absolute Gasteiger partial charge is 0.329 e. The predicted molar refractivity (Wildman–Crippen MR) is 89.2 cm³/mol. The van der Waals surface area contributed by atoms with E-state index < -0.39 is 10.5 Å². The van der Waals surface area contributed by atoms with Gasteiger partial charge >= 0.3 is 0 Å². The van der Waals surface area contributed by atoms with Crippen LogP contribution in [-0.4, -0.2) is 21.3 Å². The van der Waals surface area contributed by atoms with E-state index in [0.29, 0.717) is 6.54 Å². The van der Waals surface area contributed by atoms with Crippen LogP contribution in [0.1, 0.15) is 36.7 Å². The predicted octanol–water partition coefficient (Wildman–Crippen LogP) is 4.04. The second-order valence-electron chi connectivity index (χ2n) is 6.32. The molecule has 0 N–H and O–H groups in total. The average Bonchev–Trinajstić information content (AvgIpc) is 2.52. The van der Waals surface area contributed by atoms with Crippen LogP contribution in [0, 0.1) is 10.1 Å². The molecule has 2 rings (SSSR count). The van der Waals surface area contributed by atoms with Crippen molar-refractivity contribution in [2.45, 2.75) is 32.9 Å². The molecular weight excluding hydrogens is 292 g/mol. The van der Waals surface area contributed by atoms with Crippen LogP contribution in [0.15, 0.2) is 54.6 Å². The molecule has 0 saturated heterocycles. The number of carbonyl (C=O) groups is 1. The summed E-state index contributed by atoms with van der Waals surface area (Å²) in [6.45, 7) is 6.16. The van der Waals surface area contributed by atoms with Crippen LogP contribution in [-0.2, 0) is 6.54 Å². The molecule has 0 spiro atoms. The fourth-order valence-corrected chi connectivity index (χ4v) is 2.34. The van der Waals surface area contributed by atoms with Crippen molar-refractivity contribution >= 4 is 11.6 Å². The average molecular weight is 312 g/mol. The lowest BCUT2D eigenvalue weighted by Gasteiger charge is -2.36. The number of hydrogen-bond donors (Lipinski definition) is 0. The first kappa shape index (κ1) is 16.7. The zero-order chi connectivity index (χ0) is 17.0. The number of nitro benzene ring substituents is 1. The van der Waals surface area contributed by atoms with Gasteiger partial charge in [0.1, 0.15) is 5.56 Å². The number of amides is 1. The lowest BCUT2D eigenvalue weighted by atomic mass is 10.0. The topological polar surface area (TPSA) is 63.5 Å². The molecule has 0 aliphatic carbocycles. The fraction of sp³-hybridized carbons (Fsp3) is 0.278. The number of nitrogens with zero attached hydrogens (tertiary/aromatic N) is 2. The van der Waals surface area contributed by atoms with E-state index in [1.165, 1.54) is 12.1 Å². The van der Waals surface area contributed by atoms with Crippen LogP contribution in [0.5, 0.6) is 0 Å². The van der Waals surface area contributed by atoms with E-state index >= 15 is 0 Å². The first-order valence-corrected chi connectivity index (χ1v) is 7.40. The van der Waals surface area contributed by atoms with Gasteiger partial charge in [0.2, 0.25) is 0 Å². The van der Waals surface area contributed by atoms with Crippen LogP contribution < -0.4 is 0 Å². The number of hydrogen-bond acceptors (Lipinski definition) is 3. The third kappa shape index (κ3) is 3.94. The van der Waals surface area contributed by atoms with Gasteiger partial charge in [-0.05, 0) is 32.4 Å². The highest BCUT2D eigenvalue weighted by atomic mass is 16.6. The molecule has 0 aliphatic rings. The Labute approximate surface area is 135 Å². The third-order valence-corrected chi connectivity index (χ3v) is 3.57. The summed E-state index contributed by atoms with van der Waals surface area (Å²) in [7, 11) is 0. The maximum atomic E-state index is 12.9. The zero-order valence-electron chi connectivity index (χ0n) is 13.5. The smallest absolute Gasteiger partial charge is 0.282 e. The van der Waals surface area contributed by atoms with E-state index in [1.807, 2.05) is 51.1 Å². The number of rotatable bonds is 4. The molecular formula is C18H20N2O3. The minimum atomic E-state index is -0.517. The molecule has 23 heavy (non-hydrogen) atoms. The maximum absolute atomic E-state index is 12.9. The molecule has 120 valence electrons. The van der Waals surface area contributed by atoms with Gasteiger partial charge in [-0.2, -0.15) is 0 Å². The van der Waals surface area contributed by atoms with E-state index in [4.69, 9.17) is 0 Å². The SMILES string of the molecule is CC(C)(C)N(Cc1ccccc1)C(=O)c1ccccc1[N+](=O)[O-]. The molecule has 1 amide bonds. The first-order chi connectivity index (χ1) is 10.8. The van der Waals surface area contributed by atoms with Crippen LogP contribution in [0.2, 0.25) is 0 Å². The Morgan fingerprint density at radius 3 is 2.17 bits per heavy atom. The van der Waals surface area contributed by atoms with Gasteiger partial charge in [0, 0.05) is 18.2 Å². The molecule has 2 aromatic rings. The Morgan fingerprint density at radius 2 is 1.61 bits per heavy atom. The zero-order valence-corrected chi connectivity index (χ0v) is 13.5. The molecule has 0 aromatic heterocycles. The van der Waals surface area contributed by atoms with Gasteiger partial charge in [-0.25, -0.2) is 0 Å². The Kier molecular flexibility index (Phi) is 4.79. The quantitative estimate of drug-likeness (QED) is 0.632. The number of carbonyl (C=O) groups excluding carboxylic acids is 1. The molecule has 2 aromatic carbocycles. The number of benzene rings is 2.